The summed E-state index contributed by atoms with van der Waals surface area (Å²) >= 11 is 6.57. The first-order valence-corrected chi connectivity index (χ1v) is 10.5. The smallest absolute Gasteiger partial charge is 0.270 e. The predicted octanol–water partition coefficient (Wildman–Crippen LogP) is 2.71. The van der Waals surface area contributed by atoms with Gasteiger partial charge < -0.3 is 14.0 Å². The number of fused-ring (bicyclic) bond motifs is 3. The number of nitrogens with one attached hydrogen (secondary N) is 2. The number of aromatic amines is 1. The lowest BCUT2D eigenvalue weighted by Crippen LogP contribution is -2.30. The minimum Gasteiger partial charge on any atom is -0.491 e. The van der Waals surface area contributed by atoms with Crippen LogP contribution in [0.5, 0.6) is 5.75 Å². The average molecular weight is 459 g/mol. The third-order valence-corrected chi connectivity index (χ3v) is 5.79. The molecule has 0 fully saturated rings. The fraction of sp³-hybridized carbons (Fsp3) is 0.381. The number of hydrogen-bond acceptors (Lipinski definition) is 7. The lowest BCUT2D eigenvalue weighted by molar-refractivity contribution is 0.102. The third-order valence-electron chi connectivity index (χ3n) is 5.44. The highest BCUT2D eigenvalue weighted by Crippen LogP contribution is 2.41. The van der Waals surface area contributed by atoms with Gasteiger partial charge in [0.2, 0.25) is 5.43 Å². The summed E-state index contributed by atoms with van der Waals surface area (Å²) in [4.78, 5) is 25.8. The van der Waals surface area contributed by atoms with Crippen LogP contribution in [0, 0.1) is 5.92 Å². The molecule has 1 unspecified atom stereocenters. The Bertz CT molecular complexity index is 1190. The van der Waals surface area contributed by atoms with E-state index in [1.807, 2.05) is 22.8 Å². The molecule has 168 valence electrons. The Labute approximate surface area is 188 Å². The summed E-state index contributed by atoms with van der Waals surface area (Å²) in [7, 11) is 1.62. The summed E-state index contributed by atoms with van der Waals surface area (Å²) in [6.45, 7) is 5.11. The van der Waals surface area contributed by atoms with Crippen molar-refractivity contribution < 1.29 is 14.3 Å². The Balaban J connectivity index is 1.78. The summed E-state index contributed by atoms with van der Waals surface area (Å²) in [5, 5.41) is 15.5. The van der Waals surface area contributed by atoms with Crippen molar-refractivity contribution in [2.45, 2.75) is 26.3 Å². The molecule has 32 heavy (non-hydrogen) atoms. The van der Waals surface area contributed by atoms with Crippen molar-refractivity contribution >= 4 is 23.5 Å². The summed E-state index contributed by atoms with van der Waals surface area (Å²) in [6.07, 6.45) is 2.27. The van der Waals surface area contributed by atoms with Gasteiger partial charge in [0.1, 0.15) is 22.9 Å². The molecule has 3 aromatic rings. The Morgan fingerprint density at radius 3 is 2.88 bits per heavy atom. The van der Waals surface area contributed by atoms with E-state index in [0.29, 0.717) is 25.3 Å². The monoisotopic (exact) mass is 458 g/mol. The van der Waals surface area contributed by atoms with Gasteiger partial charge in [-0.05, 0) is 41.3 Å². The zero-order valence-electron chi connectivity index (χ0n) is 17.9. The molecule has 1 amide bonds. The number of pyridine rings is 1. The molecule has 0 saturated carbocycles. The van der Waals surface area contributed by atoms with Crippen LogP contribution >= 0.6 is 11.6 Å². The molecule has 1 aromatic carbocycles. The Morgan fingerprint density at radius 1 is 1.38 bits per heavy atom. The van der Waals surface area contributed by atoms with Gasteiger partial charge in [-0.15, -0.1) is 5.10 Å². The largest absolute Gasteiger partial charge is 0.491 e. The minimum atomic E-state index is -0.649. The van der Waals surface area contributed by atoms with E-state index in [0.717, 1.165) is 16.9 Å². The first-order chi connectivity index (χ1) is 15.4. The van der Waals surface area contributed by atoms with Crippen LogP contribution < -0.4 is 15.5 Å². The van der Waals surface area contributed by atoms with E-state index < -0.39 is 11.3 Å². The standard InChI is InChI=1S/C21H23ClN6O4/c1-11(2)16-9-12-8-13(32-7-6-31-3)4-5-14(12)18-17(22)19(29)15(10-28(16)18)20(30)23-21-24-26-27-25-21/h4-5,8,10-11,16H,6-7,9H2,1-3H3,(H2,23,24,25,26,27,30). The molecule has 0 saturated heterocycles. The third kappa shape index (κ3) is 4.11. The molecule has 1 aliphatic heterocycles. The number of benzene rings is 1. The Morgan fingerprint density at radius 2 is 2.19 bits per heavy atom. The fourth-order valence-corrected chi connectivity index (χ4v) is 4.15. The van der Waals surface area contributed by atoms with E-state index >= 15 is 0 Å². The molecule has 10 nitrogen and oxygen atoms in total. The van der Waals surface area contributed by atoms with Crippen molar-refractivity contribution in [2.75, 3.05) is 25.6 Å². The van der Waals surface area contributed by atoms with Gasteiger partial charge in [-0.3, -0.25) is 14.9 Å². The molecule has 0 aliphatic carbocycles. The number of hydrogen-bond donors (Lipinski definition) is 2. The molecule has 2 N–H and O–H groups in total. The maximum absolute atomic E-state index is 13.0. The summed E-state index contributed by atoms with van der Waals surface area (Å²) < 4.78 is 12.7. The zero-order valence-corrected chi connectivity index (χ0v) is 18.6. The molecular formula is C21H23ClN6O4. The number of H-pyrrole nitrogens is 1. The predicted molar refractivity (Wildman–Crippen MR) is 118 cm³/mol. The molecular weight excluding hydrogens is 436 g/mol. The van der Waals surface area contributed by atoms with Crippen molar-refractivity contribution in [3.63, 3.8) is 0 Å². The van der Waals surface area contributed by atoms with Gasteiger partial charge in [0, 0.05) is 24.9 Å². The normalized spacial score (nSPS) is 14.7. The fourth-order valence-electron chi connectivity index (χ4n) is 3.85. The van der Waals surface area contributed by atoms with Crippen LogP contribution in [0.1, 0.15) is 35.8 Å². The van der Waals surface area contributed by atoms with E-state index in [9.17, 15) is 9.59 Å². The van der Waals surface area contributed by atoms with Crippen LogP contribution in [0.25, 0.3) is 11.3 Å². The van der Waals surface area contributed by atoms with Crippen molar-refractivity contribution in [3.05, 3.63) is 50.8 Å². The van der Waals surface area contributed by atoms with Gasteiger partial charge in [0.25, 0.3) is 11.9 Å². The highest BCUT2D eigenvalue weighted by Gasteiger charge is 2.31. The molecule has 2 aromatic heterocycles. The minimum absolute atomic E-state index is 0.00888. The van der Waals surface area contributed by atoms with Crippen LogP contribution in [-0.2, 0) is 11.2 Å². The second-order valence-corrected chi connectivity index (χ2v) is 8.18. The number of amides is 1. The van der Waals surface area contributed by atoms with Crippen LogP contribution in [0.4, 0.5) is 5.95 Å². The average Bonchev–Trinajstić information content (AvgIpc) is 3.28. The van der Waals surface area contributed by atoms with E-state index in [1.54, 1.807) is 13.3 Å². The summed E-state index contributed by atoms with van der Waals surface area (Å²) in [6, 6.07) is 5.69. The molecule has 4 rings (SSSR count). The van der Waals surface area contributed by atoms with Crippen molar-refractivity contribution in [1.82, 2.24) is 25.2 Å². The number of tetrazole rings is 1. The first-order valence-electron chi connectivity index (χ1n) is 10.1. The molecule has 1 atom stereocenters. The van der Waals surface area contributed by atoms with Crippen molar-refractivity contribution in [1.29, 1.82) is 0 Å². The summed E-state index contributed by atoms with van der Waals surface area (Å²) in [5.41, 5.74) is 1.82. The second kappa shape index (κ2) is 9.09. The van der Waals surface area contributed by atoms with E-state index in [2.05, 4.69) is 39.8 Å². The number of aromatic nitrogens is 5. The van der Waals surface area contributed by atoms with Gasteiger partial charge in [-0.2, -0.15) is 5.21 Å². The number of carbonyl (C=O) groups is 1. The van der Waals surface area contributed by atoms with Crippen molar-refractivity contribution in [3.8, 4) is 17.0 Å². The number of anilines is 1. The highest BCUT2D eigenvalue weighted by molar-refractivity contribution is 6.33. The van der Waals surface area contributed by atoms with Crippen LogP contribution in [0.2, 0.25) is 5.02 Å². The maximum Gasteiger partial charge on any atom is 0.270 e. The lowest BCUT2D eigenvalue weighted by Gasteiger charge is -2.34. The van der Waals surface area contributed by atoms with E-state index in [-0.39, 0.29) is 28.5 Å². The van der Waals surface area contributed by atoms with Gasteiger partial charge in [-0.25, -0.2) is 0 Å². The second-order valence-electron chi connectivity index (χ2n) is 7.81. The maximum atomic E-state index is 13.0. The van der Waals surface area contributed by atoms with Gasteiger partial charge in [0.05, 0.1) is 12.3 Å². The number of ether oxygens (including phenoxy) is 2. The topological polar surface area (TPSA) is 124 Å². The van der Waals surface area contributed by atoms with Gasteiger partial charge in [-0.1, -0.05) is 30.5 Å². The van der Waals surface area contributed by atoms with E-state index in [4.69, 9.17) is 21.1 Å². The quantitative estimate of drug-likeness (QED) is 0.521. The molecule has 11 heteroatoms. The Kier molecular flexibility index (Phi) is 6.24. The number of carbonyl (C=O) groups excluding carboxylic acids is 1. The van der Waals surface area contributed by atoms with Gasteiger partial charge >= 0.3 is 0 Å². The molecule has 1 aliphatic rings. The molecule has 3 heterocycles. The van der Waals surface area contributed by atoms with E-state index in [1.165, 1.54) is 0 Å². The van der Waals surface area contributed by atoms with Crippen LogP contribution in [0.15, 0.2) is 29.2 Å². The number of halogens is 1. The van der Waals surface area contributed by atoms with Gasteiger partial charge in [0.15, 0.2) is 0 Å². The van der Waals surface area contributed by atoms with Crippen LogP contribution in [-0.4, -0.2) is 51.4 Å². The lowest BCUT2D eigenvalue weighted by atomic mass is 9.87. The SMILES string of the molecule is COCCOc1ccc2c(c1)CC(C(C)C)n1cc(C(=O)Nc3nn[nH]n3)c(=O)c(Cl)c1-2. The Hall–Kier alpha value is -3.24. The number of nitrogens with zero attached hydrogens (tertiary/aromatic N) is 4. The van der Waals surface area contributed by atoms with Crippen molar-refractivity contribution in [2.24, 2.45) is 5.92 Å². The first kappa shape index (κ1) is 22.0. The zero-order chi connectivity index (χ0) is 22.8. The molecule has 0 radical (unpaired) electrons. The number of methoxy groups -OCH3 is 1. The summed E-state index contributed by atoms with van der Waals surface area (Å²) in [5.74, 6) is 0.266. The molecule has 0 spiro atoms. The van der Waals surface area contributed by atoms with Crippen LogP contribution in [0.3, 0.4) is 0 Å². The molecule has 0 bridgehead atoms. The highest BCUT2D eigenvalue weighted by atomic mass is 35.5. The number of rotatable bonds is 7.